The van der Waals surface area contributed by atoms with Crippen molar-refractivity contribution in [3.8, 4) is 0 Å². The fourth-order valence-electron chi connectivity index (χ4n) is 1.45. The van der Waals surface area contributed by atoms with E-state index < -0.39 is 0 Å². The monoisotopic (exact) mass is 323 g/mol. The van der Waals surface area contributed by atoms with Crippen LogP contribution in [-0.2, 0) is 6.61 Å². The maximum Gasteiger partial charge on any atom is 0.125 e. The lowest BCUT2D eigenvalue weighted by atomic mass is 10.1. The Balaban J connectivity index is 2.76. The second-order valence-electron chi connectivity index (χ2n) is 2.87. The molecule has 0 aliphatic heterocycles. The van der Waals surface area contributed by atoms with Crippen molar-refractivity contribution in [1.82, 2.24) is 3.97 Å². The summed E-state index contributed by atoms with van der Waals surface area (Å²) in [7, 11) is 1.47. The fraction of sp³-hybridized carbons (Fsp3) is 0.111. The normalized spacial score (nSPS) is 11.1. The lowest BCUT2D eigenvalue weighted by Gasteiger charge is -2.02. The first-order valence-electron chi connectivity index (χ1n) is 3.95. The summed E-state index contributed by atoms with van der Waals surface area (Å²) in [5, 5.41) is 9.96. The van der Waals surface area contributed by atoms with Gasteiger partial charge in [0, 0.05) is 41.9 Å². The van der Waals surface area contributed by atoms with Crippen LogP contribution in [0.1, 0.15) is 5.56 Å². The molecule has 74 valence electrons. The highest BCUT2D eigenvalue weighted by Crippen LogP contribution is 2.27. The third-order valence-corrected chi connectivity index (χ3v) is 3.81. The Morgan fingerprint density at radius 2 is 2.29 bits per heavy atom. The molecule has 0 amide bonds. The lowest BCUT2D eigenvalue weighted by Crippen LogP contribution is -1.88. The molecule has 2 aromatic rings. The molecule has 5 heteroatoms. The van der Waals surface area contributed by atoms with Crippen LogP contribution >= 0.6 is 30.3 Å². The minimum Gasteiger partial charge on any atom is -0.392 e. The Morgan fingerprint density at radius 3 is 2.93 bits per heavy atom. The maximum absolute atomic E-state index is 13.1. The maximum atomic E-state index is 13.1. The number of aliphatic hydroxyl groups excluding tert-OH is 1. The zero-order valence-electron chi connectivity index (χ0n) is 7.08. The van der Waals surface area contributed by atoms with E-state index in [4.69, 9.17) is 5.11 Å². The van der Waals surface area contributed by atoms with E-state index in [0.29, 0.717) is 5.56 Å². The molecule has 0 radical (unpaired) electrons. The minimum atomic E-state index is -0.313. The van der Waals surface area contributed by atoms with Gasteiger partial charge >= 0.3 is 0 Å². The molecule has 0 unspecified atom stereocenters. The van der Waals surface area contributed by atoms with E-state index in [1.807, 2.05) is 16.2 Å². The van der Waals surface area contributed by atoms with Gasteiger partial charge in [0.15, 0.2) is 0 Å². The Kier molecular flexibility index (Phi) is 2.99. The average Bonchev–Trinajstić information content (AvgIpc) is 2.59. The molecule has 2 rings (SSSR count). The van der Waals surface area contributed by atoms with Crippen LogP contribution in [0.5, 0.6) is 0 Å². The van der Waals surface area contributed by atoms with Crippen molar-refractivity contribution in [2.75, 3.05) is 0 Å². The Labute approximate surface area is 96.8 Å². The average molecular weight is 323 g/mol. The Bertz CT molecular complexity index is 471. The second kappa shape index (κ2) is 4.08. The van der Waals surface area contributed by atoms with Gasteiger partial charge in [-0.25, -0.2) is 4.39 Å². The van der Waals surface area contributed by atoms with E-state index in [1.54, 1.807) is 0 Å². The summed E-state index contributed by atoms with van der Waals surface area (Å²) >= 11 is 2.13. The Morgan fingerprint density at radius 1 is 1.50 bits per heavy atom. The topological polar surface area (TPSA) is 25.2 Å². The molecule has 0 aliphatic carbocycles. The van der Waals surface area contributed by atoms with Crippen LogP contribution in [0.2, 0.25) is 0 Å². The first-order valence-corrected chi connectivity index (χ1v) is 7.27. The minimum absolute atomic E-state index is 0.135. The van der Waals surface area contributed by atoms with Crippen molar-refractivity contribution in [1.29, 1.82) is 0 Å². The van der Waals surface area contributed by atoms with Crippen molar-refractivity contribution in [3.05, 3.63) is 35.8 Å². The molecule has 1 aromatic carbocycles. The number of rotatable bonds is 2. The van der Waals surface area contributed by atoms with Crippen molar-refractivity contribution in [3.63, 3.8) is 0 Å². The molecule has 1 aromatic heterocycles. The smallest absolute Gasteiger partial charge is 0.125 e. The zero-order chi connectivity index (χ0) is 10.1. The van der Waals surface area contributed by atoms with Gasteiger partial charge in [-0.2, -0.15) is 0 Å². The van der Waals surface area contributed by atoms with E-state index in [9.17, 15) is 4.39 Å². The standard InChI is InChI=1S/C9H7FINOS/c10-7-3-6(5-13)8-1-2-12(14-11)9(8)4-7/h1-4,13H,5H2. The van der Waals surface area contributed by atoms with E-state index >= 15 is 0 Å². The van der Waals surface area contributed by atoms with Gasteiger partial charge in [-0.1, -0.05) is 0 Å². The molecule has 0 aliphatic rings. The third kappa shape index (κ3) is 1.64. The third-order valence-electron chi connectivity index (χ3n) is 2.07. The Hall–Kier alpha value is -0.270. The van der Waals surface area contributed by atoms with Gasteiger partial charge < -0.3 is 5.11 Å². The number of nitrogens with zero attached hydrogens (tertiary/aromatic N) is 1. The quantitative estimate of drug-likeness (QED) is 0.859. The van der Waals surface area contributed by atoms with Crippen molar-refractivity contribution in [2.45, 2.75) is 6.61 Å². The highest BCUT2D eigenvalue weighted by Gasteiger charge is 2.07. The first kappa shape index (κ1) is 10.3. The molecular weight excluding hydrogens is 316 g/mol. The van der Waals surface area contributed by atoms with Crippen LogP contribution in [0.25, 0.3) is 10.9 Å². The van der Waals surface area contributed by atoms with Gasteiger partial charge in [0.25, 0.3) is 0 Å². The van der Waals surface area contributed by atoms with Crippen LogP contribution in [0, 0.1) is 5.82 Å². The van der Waals surface area contributed by atoms with Gasteiger partial charge in [0.05, 0.1) is 12.1 Å². The summed E-state index contributed by atoms with van der Waals surface area (Å²) in [5.74, 6) is -0.313. The van der Waals surface area contributed by atoms with E-state index in [0.717, 1.165) is 10.9 Å². The number of aromatic nitrogens is 1. The fourth-order valence-corrected chi connectivity index (χ4v) is 2.81. The molecule has 1 N–H and O–H groups in total. The van der Waals surface area contributed by atoms with Crippen molar-refractivity contribution >= 4 is 41.2 Å². The van der Waals surface area contributed by atoms with Crippen LogP contribution < -0.4 is 0 Å². The summed E-state index contributed by atoms with van der Waals surface area (Å²) in [6.45, 7) is -0.135. The number of hydrogen-bond acceptors (Lipinski definition) is 2. The van der Waals surface area contributed by atoms with Gasteiger partial charge in [-0.15, -0.1) is 0 Å². The first-order chi connectivity index (χ1) is 6.76. The number of aliphatic hydroxyl groups is 1. The summed E-state index contributed by atoms with van der Waals surface area (Å²) in [5.41, 5.74) is 1.43. The summed E-state index contributed by atoms with van der Waals surface area (Å²) in [4.78, 5) is 0. The van der Waals surface area contributed by atoms with Gasteiger partial charge in [0.1, 0.15) is 5.82 Å². The van der Waals surface area contributed by atoms with Crippen LogP contribution in [0.15, 0.2) is 24.4 Å². The summed E-state index contributed by atoms with van der Waals surface area (Å²) in [6.07, 6.45) is 1.86. The SMILES string of the molecule is OCc1cc(F)cc2c1ccn2SI. The number of hydrogen-bond donors (Lipinski definition) is 1. The molecule has 1 heterocycles. The zero-order valence-corrected chi connectivity index (χ0v) is 10.0. The molecule has 2 nitrogen and oxygen atoms in total. The predicted octanol–water partition coefficient (Wildman–Crippen LogP) is 3.12. The molecule has 0 bridgehead atoms. The number of fused-ring (bicyclic) bond motifs is 1. The van der Waals surface area contributed by atoms with Crippen LogP contribution in [0.4, 0.5) is 4.39 Å². The summed E-state index contributed by atoms with van der Waals surface area (Å²) in [6, 6.07) is 4.72. The predicted molar refractivity (Wildman–Crippen MR) is 64.8 cm³/mol. The molecular formula is C9H7FINOS. The number of halogens is 2. The molecule has 0 saturated carbocycles. The van der Waals surface area contributed by atoms with Gasteiger partial charge in [0.2, 0.25) is 0 Å². The van der Waals surface area contributed by atoms with Crippen LogP contribution in [-0.4, -0.2) is 9.08 Å². The molecule has 0 spiro atoms. The largest absolute Gasteiger partial charge is 0.392 e. The lowest BCUT2D eigenvalue weighted by molar-refractivity contribution is 0.283. The van der Waals surface area contributed by atoms with E-state index in [1.165, 1.54) is 21.3 Å². The second-order valence-corrected chi connectivity index (χ2v) is 4.58. The molecule has 0 saturated heterocycles. The number of benzene rings is 1. The van der Waals surface area contributed by atoms with Crippen molar-refractivity contribution in [2.24, 2.45) is 0 Å². The highest BCUT2D eigenvalue weighted by molar-refractivity contribution is 14.2. The van der Waals surface area contributed by atoms with Crippen LogP contribution in [0.3, 0.4) is 0 Å². The summed E-state index contributed by atoms with van der Waals surface area (Å²) < 4.78 is 15.0. The van der Waals surface area contributed by atoms with Gasteiger partial charge in [-0.3, -0.25) is 3.97 Å². The van der Waals surface area contributed by atoms with E-state index in [2.05, 4.69) is 21.2 Å². The molecule has 0 atom stereocenters. The molecule has 0 fully saturated rings. The van der Waals surface area contributed by atoms with E-state index in [-0.39, 0.29) is 12.4 Å². The van der Waals surface area contributed by atoms with Crippen molar-refractivity contribution < 1.29 is 9.50 Å². The van der Waals surface area contributed by atoms with Gasteiger partial charge in [-0.05, 0) is 23.8 Å². The highest BCUT2D eigenvalue weighted by atomic mass is 127. The molecule has 14 heavy (non-hydrogen) atoms.